The molecule has 7 nitrogen and oxygen atoms in total. The summed E-state index contributed by atoms with van der Waals surface area (Å²) >= 11 is 0. The molecule has 1 aliphatic heterocycles. The molecular weight excluding hydrogens is 246 g/mol. The van der Waals surface area contributed by atoms with Crippen molar-refractivity contribution in [3.05, 3.63) is 27.9 Å². The standard InChI is InChI=1S/C12H15N5O2/c1-8-4-9(5-13)7-16(8)12-3-2-11(17(18)19)10(6-14)15-12/h2-3,8-9H,4-5,7,13H2,1H3. The molecule has 2 unspecified atom stereocenters. The van der Waals surface area contributed by atoms with Gasteiger partial charge in [0.25, 0.3) is 0 Å². The van der Waals surface area contributed by atoms with Gasteiger partial charge in [-0.1, -0.05) is 0 Å². The zero-order valence-electron chi connectivity index (χ0n) is 10.6. The minimum absolute atomic E-state index is 0.147. The quantitative estimate of drug-likeness (QED) is 0.643. The second kappa shape index (κ2) is 5.20. The minimum atomic E-state index is -0.592. The number of nitrogens with zero attached hydrogens (tertiary/aromatic N) is 4. The lowest BCUT2D eigenvalue weighted by atomic mass is 10.1. The lowest BCUT2D eigenvalue weighted by Crippen LogP contribution is -2.28. The van der Waals surface area contributed by atoms with Crippen molar-refractivity contribution in [3.63, 3.8) is 0 Å². The molecule has 1 fully saturated rings. The summed E-state index contributed by atoms with van der Waals surface area (Å²) in [5, 5.41) is 19.7. The SMILES string of the molecule is CC1CC(CN)CN1c1ccc([N+](=O)[O-])c(C#N)n1. The Morgan fingerprint density at radius 2 is 2.42 bits per heavy atom. The van der Waals surface area contributed by atoms with Gasteiger partial charge in [-0.2, -0.15) is 5.26 Å². The number of anilines is 1. The highest BCUT2D eigenvalue weighted by Gasteiger charge is 2.30. The molecule has 1 saturated heterocycles. The zero-order chi connectivity index (χ0) is 14.0. The van der Waals surface area contributed by atoms with Crippen LogP contribution in [-0.2, 0) is 0 Å². The molecule has 0 amide bonds. The molecule has 0 saturated carbocycles. The van der Waals surface area contributed by atoms with E-state index in [9.17, 15) is 10.1 Å². The van der Waals surface area contributed by atoms with Crippen LogP contribution in [0.5, 0.6) is 0 Å². The molecule has 19 heavy (non-hydrogen) atoms. The van der Waals surface area contributed by atoms with E-state index in [1.54, 1.807) is 12.1 Å². The number of nitro groups is 1. The second-order valence-electron chi connectivity index (χ2n) is 4.74. The highest BCUT2D eigenvalue weighted by Crippen LogP contribution is 2.29. The largest absolute Gasteiger partial charge is 0.354 e. The fourth-order valence-electron chi connectivity index (χ4n) is 2.46. The van der Waals surface area contributed by atoms with E-state index >= 15 is 0 Å². The molecule has 0 aliphatic carbocycles. The van der Waals surface area contributed by atoms with E-state index in [2.05, 4.69) is 11.9 Å². The first-order valence-corrected chi connectivity index (χ1v) is 6.09. The van der Waals surface area contributed by atoms with Gasteiger partial charge in [0.05, 0.1) is 4.92 Å². The van der Waals surface area contributed by atoms with E-state index in [1.165, 1.54) is 6.07 Å². The van der Waals surface area contributed by atoms with Gasteiger partial charge in [-0.05, 0) is 31.9 Å². The van der Waals surface area contributed by atoms with Crippen LogP contribution in [0.3, 0.4) is 0 Å². The fraction of sp³-hybridized carbons (Fsp3) is 0.500. The van der Waals surface area contributed by atoms with E-state index in [0.29, 0.717) is 18.3 Å². The van der Waals surface area contributed by atoms with Crippen LogP contribution in [-0.4, -0.2) is 29.0 Å². The van der Waals surface area contributed by atoms with Crippen molar-refractivity contribution in [2.45, 2.75) is 19.4 Å². The summed E-state index contributed by atoms with van der Waals surface area (Å²) in [5.74, 6) is 1.00. The van der Waals surface area contributed by atoms with Crippen LogP contribution in [0.2, 0.25) is 0 Å². The Balaban J connectivity index is 2.32. The van der Waals surface area contributed by atoms with E-state index in [0.717, 1.165) is 13.0 Å². The number of pyridine rings is 1. The molecule has 2 N–H and O–H groups in total. The Kier molecular flexibility index (Phi) is 3.62. The summed E-state index contributed by atoms with van der Waals surface area (Å²) in [5.41, 5.74) is 5.26. The van der Waals surface area contributed by atoms with Gasteiger partial charge in [-0.25, -0.2) is 4.98 Å². The number of rotatable bonds is 3. The summed E-state index contributed by atoms with van der Waals surface area (Å²) in [6.45, 7) is 3.44. The van der Waals surface area contributed by atoms with E-state index in [-0.39, 0.29) is 17.4 Å². The average Bonchev–Trinajstić information content (AvgIpc) is 2.79. The first-order valence-electron chi connectivity index (χ1n) is 6.09. The van der Waals surface area contributed by atoms with Gasteiger partial charge in [0, 0.05) is 18.7 Å². The van der Waals surface area contributed by atoms with Gasteiger partial charge in [0.2, 0.25) is 5.69 Å². The fourth-order valence-corrected chi connectivity index (χ4v) is 2.46. The summed E-state index contributed by atoms with van der Waals surface area (Å²) in [4.78, 5) is 16.3. The third-order valence-corrected chi connectivity index (χ3v) is 3.45. The lowest BCUT2D eigenvalue weighted by Gasteiger charge is -2.22. The van der Waals surface area contributed by atoms with Crippen molar-refractivity contribution in [1.82, 2.24) is 4.98 Å². The van der Waals surface area contributed by atoms with Crippen molar-refractivity contribution in [3.8, 4) is 6.07 Å². The molecule has 0 spiro atoms. The third-order valence-electron chi connectivity index (χ3n) is 3.45. The molecule has 0 radical (unpaired) electrons. The highest BCUT2D eigenvalue weighted by molar-refractivity contribution is 5.52. The van der Waals surface area contributed by atoms with E-state index < -0.39 is 4.92 Å². The predicted molar refractivity (Wildman–Crippen MR) is 69.6 cm³/mol. The number of aromatic nitrogens is 1. The van der Waals surface area contributed by atoms with E-state index in [1.807, 2.05) is 4.90 Å². The molecule has 1 aromatic rings. The van der Waals surface area contributed by atoms with Gasteiger partial charge < -0.3 is 10.6 Å². The molecule has 0 bridgehead atoms. The normalized spacial score (nSPS) is 22.3. The molecular formula is C12H15N5O2. The zero-order valence-corrected chi connectivity index (χ0v) is 10.6. The van der Waals surface area contributed by atoms with Crippen molar-refractivity contribution in [2.75, 3.05) is 18.0 Å². The molecule has 7 heteroatoms. The monoisotopic (exact) mass is 261 g/mol. The van der Waals surface area contributed by atoms with Crippen LogP contribution in [0.25, 0.3) is 0 Å². The van der Waals surface area contributed by atoms with Crippen LogP contribution >= 0.6 is 0 Å². The van der Waals surface area contributed by atoms with Gasteiger partial charge >= 0.3 is 5.69 Å². The molecule has 1 aromatic heterocycles. The first kappa shape index (κ1) is 13.2. The number of nitriles is 1. The Bertz CT molecular complexity index is 539. The molecule has 2 atom stereocenters. The summed E-state index contributed by atoms with van der Waals surface area (Å²) in [6, 6.07) is 4.98. The van der Waals surface area contributed by atoms with Crippen LogP contribution in [0, 0.1) is 27.4 Å². The predicted octanol–water partition coefficient (Wildman–Crippen LogP) is 1.03. The van der Waals surface area contributed by atoms with Crippen molar-refractivity contribution in [1.29, 1.82) is 5.26 Å². The number of hydrogen-bond acceptors (Lipinski definition) is 6. The van der Waals surface area contributed by atoms with Crippen molar-refractivity contribution in [2.24, 2.45) is 11.7 Å². The average molecular weight is 261 g/mol. The minimum Gasteiger partial charge on any atom is -0.354 e. The van der Waals surface area contributed by atoms with Crippen LogP contribution in [0.4, 0.5) is 11.5 Å². The Morgan fingerprint density at radius 3 is 2.95 bits per heavy atom. The maximum absolute atomic E-state index is 10.8. The van der Waals surface area contributed by atoms with Gasteiger partial charge in [-0.3, -0.25) is 10.1 Å². The Hall–Kier alpha value is -2.20. The summed E-state index contributed by atoms with van der Waals surface area (Å²) in [6.07, 6.45) is 0.969. The smallest absolute Gasteiger partial charge is 0.305 e. The molecule has 2 heterocycles. The van der Waals surface area contributed by atoms with Crippen LogP contribution < -0.4 is 10.6 Å². The van der Waals surface area contributed by atoms with Crippen LogP contribution in [0.15, 0.2) is 12.1 Å². The Morgan fingerprint density at radius 1 is 1.68 bits per heavy atom. The van der Waals surface area contributed by atoms with E-state index in [4.69, 9.17) is 11.0 Å². The molecule has 0 aromatic carbocycles. The van der Waals surface area contributed by atoms with Crippen molar-refractivity contribution < 1.29 is 4.92 Å². The highest BCUT2D eigenvalue weighted by atomic mass is 16.6. The number of nitrogens with two attached hydrogens (primary N) is 1. The Labute approximate surface area is 110 Å². The lowest BCUT2D eigenvalue weighted by molar-refractivity contribution is -0.385. The first-order chi connectivity index (χ1) is 9.06. The summed E-state index contributed by atoms with van der Waals surface area (Å²) in [7, 11) is 0. The maximum Gasteiger partial charge on any atom is 0.305 e. The molecule has 1 aliphatic rings. The summed E-state index contributed by atoms with van der Waals surface area (Å²) < 4.78 is 0. The molecule has 2 rings (SSSR count). The second-order valence-corrected chi connectivity index (χ2v) is 4.74. The van der Waals surface area contributed by atoms with Gasteiger partial charge in [-0.15, -0.1) is 0 Å². The van der Waals surface area contributed by atoms with Gasteiger partial charge in [0.1, 0.15) is 11.9 Å². The molecule has 100 valence electrons. The van der Waals surface area contributed by atoms with Gasteiger partial charge in [0.15, 0.2) is 0 Å². The van der Waals surface area contributed by atoms with Crippen LogP contribution in [0.1, 0.15) is 19.0 Å². The van der Waals surface area contributed by atoms with Crippen molar-refractivity contribution >= 4 is 11.5 Å². The number of hydrogen-bond donors (Lipinski definition) is 1. The topological polar surface area (TPSA) is 109 Å². The maximum atomic E-state index is 10.8. The third kappa shape index (κ3) is 2.48.